The zero-order valence-electron chi connectivity index (χ0n) is 25.6. The molecule has 0 bridgehead atoms. The Morgan fingerprint density at radius 3 is 2.42 bits per heavy atom. The van der Waals surface area contributed by atoms with Crippen LogP contribution in [-0.2, 0) is 14.6 Å². The fourth-order valence-electron chi connectivity index (χ4n) is 6.82. The summed E-state index contributed by atoms with van der Waals surface area (Å²) in [6, 6.07) is 5.27. The van der Waals surface area contributed by atoms with Gasteiger partial charge in [-0.15, -0.1) is 0 Å². The number of anilines is 1. The molecular formula is C29H48N8O5S. The number of aliphatic hydroxyl groups excluding tert-OH is 1. The second kappa shape index (κ2) is 13.1. The van der Waals surface area contributed by atoms with Crippen molar-refractivity contribution < 1.29 is 23.1 Å². The second-order valence-corrected chi connectivity index (χ2v) is 14.2. The number of piperazine rings is 1. The number of ether oxygens (including phenoxy) is 1. The third-order valence-corrected chi connectivity index (χ3v) is 10.9. The van der Waals surface area contributed by atoms with Gasteiger partial charge in [0.15, 0.2) is 9.84 Å². The number of nitrogens with two attached hydrogens (primary N) is 1. The highest BCUT2D eigenvalue weighted by atomic mass is 32.2. The van der Waals surface area contributed by atoms with Gasteiger partial charge in [0.25, 0.3) is 5.91 Å². The molecule has 0 spiro atoms. The maximum absolute atomic E-state index is 13.5. The zero-order chi connectivity index (χ0) is 30.8. The highest BCUT2D eigenvalue weighted by Gasteiger charge is 2.46. The number of amides is 1. The molecule has 43 heavy (non-hydrogen) atoms. The first-order valence-electron chi connectivity index (χ1n) is 15.5. The molecule has 0 radical (unpaired) electrons. The number of carbonyl (C=O) groups is 1. The molecule has 6 N–H and O–H groups in total. The Hall–Kier alpha value is -2.78. The largest absolute Gasteiger partial charge is 0.495 e. The molecule has 4 aliphatic rings. The molecule has 1 amide bonds. The molecule has 3 heterocycles. The molecule has 1 saturated carbocycles. The lowest BCUT2D eigenvalue weighted by atomic mass is 10.0. The molecule has 0 aromatic heterocycles. The minimum Gasteiger partial charge on any atom is -0.495 e. The van der Waals surface area contributed by atoms with E-state index in [2.05, 4.69) is 37.6 Å². The Balaban J connectivity index is 1.31. The lowest BCUT2D eigenvalue weighted by molar-refractivity contribution is -0.123. The first kappa shape index (κ1) is 31.6. The van der Waals surface area contributed by atoms with Crippen molar-refractivity contribution in [3.63, 3.8) is 0 Å². The SMILES string of the molecule is CCC1CN(C)C2=C(N[C@](N)(Nc3ccc(S(=O)(=O)CCN4CCN(CCO)CC4)cc3OC)NC2=O)N1C1CCCC1. The van der Waals surface area contributed by atoms with Crippen LogP contribution in [0.4, 0.5) is 5.69 Å². The number of carbonyl (C=O) groups excluding carboxylic acids is 1. The van der Waals surface area contributed by atoms with Gasteiger partial charge in [-0.1, -0.05) is 19.8 Å². The number of sulfone groups is 1. The van der Waals surface area contributed by atoms with Gasteiger partial charge in [0, 0.05) is 71.0 Å². The van der Waals surface area contributed by atoms with Crippen molar-refractivity contribution in [3.05, 3.63) is 29.7 Å². The van der Waals surface area contributed by atoms with Crippen molar-refractivity contribution in [2.75, 3.05) is 77.6 Å². The summed E-state index contributed by atoms with van der Waals surface area (Å²) in [4.78, 5) is 22.3. The first-order valence-corrected chi connectivity index (χ1v) is 17.1. The number of hydrogen-bond acceptors (Lipinski definition) is 12. The molecule has 1 aromatic rings. The second-order valence-electron chi connectivity index (χ2n) is 12.1. The Labute approximate surface area is 255 Å². The van der Waals surface area contributed by atoms with Crippen LogP contribution in [0.15, 0.2) is 34.6 Å². The van der Waals surface area contributed by atoms with Gasteiger partial charge in [-0.3, -0.25) is 25.6 Å². The Morgan fingerprint density at radius 2 is 1.79 bits per heavy atom. The van der Waals surface area contributed by atoms with Crippen LogP contribution < -0.4 is 26.4 Å². The van der Waals surface area contributed by atoms with E-state index in [0.29, 0.717) is 36.3 Å². The number of methoxy groups -OCH3 is 1. The molecule has 1 unspecified atom stereocenters. The fraction of sp³-hybridized carbons (Fsp3) is 0.690. The van der Waals surface area contributed by atoms with Gasteiger partial charge in [-0.05, 0) is 31.4 Å². The van der Waals surface area contributed by atoms with Crippen LogP contribution in [0.3, 0.4) is 0 Å². The number of β-amino-alcohol motifs (C(OH)–C–C–N with tert-alkyl or cyclic N) is 1. The molecule has 240 valence electrons. The third-order valence-electron chi connectivity index (χ3n) is 9.19. The van der Waals surface area contributed by atoms with E-state index in [9.17, 15) is 13.2 Å². The number of benzene rings is 1. The van der Waals surface area contributed by atoms with Gasteiger partial charge in [0.2, 0.25) is 5.91 Å². The number of hydrogen-bond donors (Lipinski definition) is 5. The summed E-state index contributed by atoms with van der Waals surface area (Å²) in [5, 5.41) is 18.6. The summed E-state index contributed by atoms with van der Waals surface area (Å²) >= 11 is 0. The lowest BCUT2D eigenvalue weighted by Gasteiger charge is -2.52. The van der Waals surface area contributed by atoms with Crippen molar-refractivity contribution in [1.29, 1.82) is 0 Å². The van der Waals surface area contributed by atoms with Crippen molar-refractivity contribution >= 4 is 21.4 Å². The van der Waals surface area contributed by atoms with Gasteiger partial charge in [-0.25, -0.2) is 8.42 Å². The smallest absolute Gasteiger partial charge is 0.275 e. The highest BCUT2D eigenvalue weighted by Crippen LogP contribution is 2.36. The predicted molar refractivity (Wildman–Crippen MR) is 165 cm³/mol. The average molecular weight is 621 g/mol. The van der Waals surface area contributed by atoms with E-state index in [1.807, 2.05) is 11.9 Å². The first-order chi connectivity index (χ1) is 20.6. The summed E-state index contributed by atoms with van der Waals surface area (Å²) in [6.45, 7) is 7.29. The molecule has 1 aliphatic carbocycles. The van der Waals surface area contributed by atoms with Crippen LogP contribution in [-0.4, -0.2) is 129 Å². The Bertz CT molecular complexity index is 1300. The lowest BCUT2D eigenvalue weighted by Crippen LogP contribution is -2.76. The molecular weight excluding hydrogens is 572 g/mol. The van der Waals surface area contributed by atoms with Crippen molar-refractivity contribution in [2.45, 2.75) is 61.9 Å². The van der Waals surface area contributed by atoms with E-state index >= 15 is 0 Å². The standard InChI is InChI=1S/C29H48N8O5S/c1-4-21-20-34(2)26-27(37(21)22-7-5-6-8-22)32-29(30,33-28(26)39)31-24-10-9-23(19-25(24)42-3)43(40,41)18-16-36-13-11-35(12-14-36)15-17-38/h9-10,19,21-22,31-32,38H,4-8,11-18,20,30H2,1-3H3,(H,33,39)/t21?,29-/m0/s1. The van der Waals surface area contributed by atoms with Gasteiger partial charge in [-0.2, -0.15) is 0 Å². The summed E-state index contributed by atoms with van der Waals surface area (Å²) in [7, 11) is -0.169. The predicted octanol–water partition coefficient (Wildman–Crippen LogP) is -0.0822. The van der Waals surface area contributed by atoms with Crippen molar-refractivity contribution in [2.24, 2.45) is 5.73 Å². The Kier molecular flexibility index (Phi) is 9.61. The molecule has 5 rings (SSSR count). The topological polar surface area (TPSA) is 156 Å². The van der Waals surface area contributed by atoms with Crippen molar-refractivity contribution in [1.82, 2.24) is 30.2 Å². The summed E-state index contributed by atoms with van der Waals surface area (Å²) in [5.41, 5.74) is 7.78. The van der Waals surface area contributed by atoms with Gasteiger partial charge in [0.1, 0.15) is 17.3 Å². The number of likely N-dealkylation sites (N-methyl/N-ethyl adjacent to an activating group) is 1. The van der Waals surface area contributed by atoms with Crippen molar-refractivity contribution in [3.8, 4) is 5.75 Å². The average Bonchev–Trinajstić information content (AvgIpc) is 3.51. The van der Waals surface area contributed by atoms with E-state index in [0.717, 1.165) is 57.8 Å². The van der Waals surface area contributed by atoms with Crippen LogP contribution in [0.5, 0.6) is 5.75 Å². The van der Waals surface area contributed by atoms with Gasteiger partial charge in [0.05, 0.1) is 30.1 Å². The fourth-order valence-corrected chi connectivity index (χ4v) is 8.12. The minimum atomic E-state index is -3.58. The maximum atomic E-state index is 13.5. The van der Waals surface area contributed by atoms with Gasteiger partial charge < -0.3 is 30.3 Å². The normalized spacial score (nSPS) is 25.9. The molecule has 2 fully saturated rings. The van der Waals surface area contributed by atoms with Crippen LogP contribution in [0, 0.1) is 0 Å². The number of rotatable bonds is 11. The zero-order valence-corrected chi connectivity index (χ0v) is 26.5. The molecule has 13 nitrogen and oxygen atoms in total. The van der Waals surface area contributed by atoms with Gasteiger partial charge >= 0.3 is 0 Å². The highest BCUT2D eigenvalue weighted by molar-refractivity contribution is 7.91. The van der Waals surface area contributed by atoms with E-state index in [1.165, 1.54) is 26.0 Å². The van der Waals surface area contributed by atoms with Crippen LogP contribution in [0.25, 0.3) is 0 Å². The summed E-state index contributed by atoms with van der Waals surface area (Å²) in [5.74, 6) is -0.795. The minimum absolute atomic E-state index is 0.0125. The van der Waals surface area contributed by atoms with Crippen LogP contribution >= 0.6 is 0 Å². The summed E-state index contributed by atoms with van der Waals surface area (Å²) in [6.07, 6.45) is 5.43. The third kappa shape index (κ3) is 6.83. The molecule has 3 aliphatic heterocycles. The van der Waals surface area contributed by atoms with Crippen LogP contribution in [0.1, 0.15) is 39.0 Å². The Morgan fingerprint density at radius 1 is 1.12 bits per heavy atom. The van der Waals surface area contributed by atoms with E-state index in [4.69, 9.17) is 15.6 Å². The molecule has 14 heteroatoms. The van der Waals surface area contributed by atoms with E-state index in [-0.39, 0.29) is 29.2 Å². The summed E-state index contributed by atoms with van der Waals surface area (Å²) < 4.78 is 32.1. The molecule has 1 aromatic carbocycles. The monoisotopic (exact) mass is 620 g/mol. The van der Waals surface area contributed by atoms with Crippen LogP contribution in [0.2, 0.25) is 0 Å². The van der Waals surface area contributed by atoms with E-state index in [1.54, 1.807) is 12.1 Å². The quantitative estimate of drug-likeness (QED) is 0.210. The number of nitrogens with one attached hydrogen (secondary N) is 3. The number of aliphatic hydroxyl groups is 1. The molecule has 2 atom stereocenters. The molecule has 1 saturated heterocycles. The number of nitrogens with zero attached hydrogens (tertiary/aromatic N) is 4. The maximum Gasteiger partial charge on any atom is 0.275 e. The van der Waals surface area contributed by atoms with E-state index < -0.39 is 15.7 Å².